The molecule has 0 amide bonds. The molecule has 0 spiro atoms. The Hall–Kier alpha value is -1.26. The second kappa shape index (κ2) is 12.0. The van der Waals surface area contributed by atoms with Crippen LogP contribution < -0.4 is 0 Å². The Morgan fingerprint density at radius 3 is 1.50 bits per heavy atom. The Morgan fingerprint density at radius 1 is 0.667 bits per heavy atom. The van der Waals surface area contributed by atoms with Crippen LogP contribution in [-0.2, 0) is 39.8 Å². The van der Waals surface area contributed by atoms with E-state index in [9.17, 15) is 9.13 Å². The van der Waals surface area contributed by atoms with E-state index in [-0.39, 0.29) is 12.5 Å². The molecule has 0 saturated heterocycles. The van der Waals surface area contributed by atoms with Crippen molar-refractivity contribution in [1.82, 2.24) is 0 Å². The second-order valence-corrected chi connectivity index (χ2v) is 11.3. The van der Waals surface area contributed by atoms with Gasteiger partial charge in [0.1, 0.15) is 6.35 Å². The molecule has 0 aliphatic heterocycles. The number of methoxy groups -OCH3 is 1. The van der Waals surface area contributed by atoms with E-state index in [0.717, 1.165) is 22.3 Å². The van der Waals surface area contributed by atoms with Crippen LogP contribution in [0.3, 0.4) is 0 Å². The summed E-state index contributed by atoms with van der Waals surface area (Å²) in [7, 11) is -4.43. The van der Waals surface area contributed by atoms with Gasteiger partial charge in [-0.15, -0.1) is 0 Å². The maximum Gasteiger partial charge on any atom is 0.335 e. The monoisotopic (exact) mass is 454 g/mol. The van der Waals surface area contributed by atoms with E-state index >= 15 is 0 Å². The first-order chi connectivity index (χ1) is 14.4. The summed E-state index contributed by atoms with van der Waals surface area (Å²) in [4.78, 5) is 0. The van der Waals surface area contributed by atoms with Crippen LogP contribution in [0.4, 0.5) is 0 Å². The number of rotatable bonds is 13. The molecule has 0 aliphatic rings. The van der Waals surface area contributed by atoms with Crippen molar-refractivity contribution in [3.63, 3.8) is 0 Å². The average molecular weight is 454 g/mol. The fourth-order valence-electron chi connectivity index (χ4n) is 3.19. The summed E-state index contributed by atoms with van der Waals surface area (Å²) in [6.45, 7) is 6.54. The summed E-state index contributed by atoms with van der Waals surface area (Å²) in [5.74, 6) is 0. The number of ether oxygens (including phenoxy) is 1. The fraction of sp³-hybridized carbons (Fsp3) is 0.455. The Labute approximate surface area is 179 Å². The lowest BCUT2D eigenvalue weighted by Gasteiger charge is -2.17. The van der Waals surface area contributed by atoms with Gasteiger partial charge in [0.15, 0.2) is 0 Å². The van der Waals surface area contributed by atoms with Crippen molar-refractivity contribution in [1.29, 1.82) is 0 Å². The van der Waals surface area contributed by atoms with Crippen molar-refractivity contribution in [2.75, 3.05) is 33.3 Å². The number of benzene rings is 2. The Morgan fingerprint density at radius 2 is 1.10 bits per heavy atom. The minimum atomic E-state index is -3.12. The van der Waals surface area contributed by atoms with Crippen LogP contribution in [-0.4, -0.2) is 33.3 Å². The normalized spacial score (nSPS) is 13.9. The van der Waals surface area contributed by atoms with Gasteiger partial charge in [-0.2, -0.15) is 0 Å². The Kier molecular flexibility index (Phi) is 9.96. The van der Waals surface area contributed by atoms with Gasteiger partial charge in [-0.05, 0) is 43.0 Å². The third-order valence-electron chi connectivity index (χ3n) is 4.38. The summed E-state index contributed by atoms with van der Waals surface area (Å²) in [6.07, 6.45) is 0.704. The standard InChI is InChI=1S/C22H32O6P2/c1-5-26-29(23,18-25-4)16-19-8-12-21(13-9-19)22-14-10-20(11-15-22)17-30(24,27-6-2)28-7-3/h8-15H,5-7,16-18H2,1-4H3. The summed E-state index contributed by atoms with van der Waals surface area (Å²) in [5.41, 5.74) is 3.93. The van der Waals surface area contributed by atoms with Gasteiger partial charge in [-0.25, -0.2) is 0 Å². The summed E-state index contributed by atoms with van der Waals surface area (Å²) in [6, 6.07) is 15.8. The van der Waals surface area contributed by atoms with E-state index < -0.39 is 15.0 Å². The molecule has 0 saturated carbocycles. The molecule has 2 aromatic carbocycles. The molecule has 2 aromatic rings. The molecule has 0 N–H and O–H groups in total. The highest BCUT2D eigenvalue weighted by Crippen LogP contribution is 2.51. The molecule has 0 heterocycles. The van der Waals surface area contributed by atoms with Crippen LogP contribution in [0.15, 0.2) is 48.5 Å². The van der Waals surface area contributed by atoms with Crippen LogP contribution in [0, 0.1) is 0 Å². The first kappa shape index (κ1) is 25.0. The van der Waals surface area contributed by atoms with Gasteiger partial charge in [-0.3, -0.25) is 9.13 Å². The first-order valence-electron chi connectivity index (χ1n) is 10.1. The molecule has 1 unspecified atom stereocenters. The molecule has 6 nitrogen and oxygen atoms in total. The zero-order chi connectivity index (χ0) is 22.0. The average Bonchev–Trinajstić information content (AvgIpc) is 2.70. The van der Waals surface area contributed by atoms with Crippen molar-refractivity contribution in [2.45, 2.75) is 33.1 Å². The molecule has 0 aliphatic carbocycles. The largest absolute Gasteiger partial charge is 0.375 e. The summed E-state index contributed by atoms with van der Waals surface area (Å²) >= 11 is 0. The Bertz CT molecular complexity index is 771. The van der Waals surface area contributed by atoms with Crippen LogP contribution >= 0.6 is 15.0 Å². The molecule has 1 atom stereocenters. The van der Waals surface area contributed by atoms with E-state index in [1.54, 1.807) is 13.8 Å². The summed E-state index contributed by atoms with van der Waals surface area (Å²) in [5, 5.41) is 0. The molecule has 0 radical (unpaired) electrons. The Balaban J connectivity index is 2.10. The molecule has 0 bridgehead atoms. The molecular weight excluding hydrogens is 422 g/mol. The predicted molar refractivity (Wildman–Crippen MR) is 121 cm³/mol. The van der Waals surface area contributed by atoms with Gasteiger partial charge in [0.2, 0.25) is 7.37 Å². The highest BCUT2D eigenvalue weighted by molar-refractivity contribution is 7.58. The molecule has 166 valence electrons. The van der Waals surface area contributed by atoms with E-state index in [2.05, 4.69) is 0 Å². The van der Waals surface area contributed by atoms with Crippen molar-refractivity contribution >= 4 is 15.0 Å². The van der Waals surface area contributed by atoms with Crippen molar-refractivity contribution < 1.29 is 27.4 Å². The molecule has 0 aromatic heterocycles. The molecule has 8 heteroatoms. The lowest BCUT2D eigenvalue weighted by Crippen LogP contribution is -2.00. The van der Waals surface area contributed by atoms with Gasteiger partial charge in [0, 0.05) is 7.11 Å². The van der Waals surface area contributed by atoms with Crippen LogP contribution in [0.5, 0.6) is 0 Å². The van der Waals surface area contributed by atoms with Crippen LogP contribution in [0.1, 0.15) is 31.9 Å². The van der Waals surface area contributed by atoms with Crippen LogP contribution in [0.25, 0.3) is 11.1 Å². The summed E-state index contributed by atoms with van der Waals surface area (Å²) < 4.78 is 46.8. The fourth-order valence-corrected chi connectivity index (χ4v) is 6.78. The number of hydrogen-bond acceptors (Lipinski definition) is 6. The van der Waals surface area contributed by atoms with Crippen molar-refractivity contribution in [2.24, 2.45) is 0 Å². The zero-order valence-electron chi connectivity index (χ0n) is 18.2. The third-order valence-corrected chi connectivity index (χ3v) is 8.67. The molecule has 0 fully saturated rings. The van der Waals surface area contributed by atoms with Crippen molar-refractivity contribution in [3.8, 4) is 11.1 Å². The highest BCUT2D eigenvalue weighted by Gasteiger charge is 2.24. The molecular formula is C22H32O6P2. The quantitative estimate of drug-likeness (QED) is 0.320. The zero-order valence-corrected chi connectivity index (χ0v) is 20.0. The SMILES string of the molecule is CCOP(=O)(COC)Cc1ccc(-c2ccc(CP(=O)(OCC)OCC)cc2)cc1. The molecule has 2 rings (SSSR count). The van der Waals surface area contributed by atoms with Gasteiger partial charge >= 0.3 is 7.60 Å². The molecule has 30 heavy (non-hydrogen) atoms. The third kappa shape index (κ3) is 7.46. The van der Waals surface area contributed by atoms with E-state index in [0.29, 0.717) is 26.0 Å². The van der Waals surface area contributed by atoms with Crippen molar-refractivity contribution in [3.05, 3.63) is 59.7 Å². The maximum absolute atomic E-state index is 12.8. The van der Waals surface area contributed by atoms with Gasteiger partial charge in [0.25, 0.3) is 0 Å². The second-order valence-electron chi connectivity index (χ2n) is 6.81. The lowest BCUT2D eigenvalue weighted by molar-refractivity contribution is 0.219. The van der Waals surface area contributed by atoms with Crippen LogP contribution in [0.2, 0.25) is 0 Å². The first-order valence-corrected chi connectivity index (χ1v) is 13.9. The van der Waals surface area contributed by atoms with E-state index in [4.69, 9.17) is 18.3 Å². The minimum Gasteiger partial charge on any atom is -0.375 e. The lowest BCUT2D eigenvalue weighted by atomic mass is 10.0. The van der Waals surface area contributed by atoms with E-state index in [1.807, 2.05) is 55.5 Å². The van der Waals surface area contributed by atoms with Gasteiger partial charge in [0.05, 0.1) is 32.1 Å². The predicted octanol–water partition coefficient (Wildman–Crippen LogP) is 6.54. The highest BCUT2D eigenvalue weighted by atomic mass is 31.2. The maximum atomic E-state index is 12.8. The van der Waals surface area contributed by atoms with Gasteiger partial charge < -0.3 is 18.3 Å². The van der Waals surface area contributed by atoms with E-state index in [1.165, 1.54) is 7.11 Å². The minimum absolute atomic E-state index is 0.109. The van der Waals surface area contributed by atoms with Gasteiger partial charge in [-0.1, -0.05) is 48.5 Å². The number of hydrogen-bond donors (Lipinski definition) is 0. The smallest absolute Gasteiger partial charge is 0.335 e. The topological polar surface area (TPSA) is 71.1 Å².